The number of aromatic nitrogens is 1. The van der Waals surface area contributed by atoms with Crippen LogP contribution in [-0.2, 0) is 6.42 Å². The van der Waals surface area contributed by atoms with Crippen molar-refractivity contribution in [2.75, 3.05) is 33.2 Å². The third-order valence-electron chi connectivity index (χ3n) is 4.34. The van der Waals surface area contributed by atoms with Gasteiger partial charge in [0.1, 0.15) is 5.69 Å². The zero-order valence-electron chi connectivity index (χ0n) is 12.9. The van der Waals surface area contributed by atoms with Crippen LogP contribution in [0.3, 0.4) is 0 Å². The SMILES string of the molecule is C/C=C/C1=Cc2cc(C(=O)N3CCN(C)CC3)[nH]c2CC1. The van der Waals surface area contributed by atoms with Crippen LogP contribution in [0.5, 0.6) is 0 Å². The molecule has 1 aromatic heterocycles. The van der Waals surface area contributed by atoms with Gasteiger partial charge >= 0.3 is 0 Å². The standard InChI is InChI=1S/C17H23N3O/c1-3-4-13-5-6-15-14(11-13)12-16(18-15)17(21)20-9-7-19(2)8-10-20/h3-4,11-12,18H,5-10H2,1-2H3/b4-3+. The number of aromatic amines is 1. The molecular formula is C17H23N3O. The average Bonchev–Trinajstić information content (AvgIpc) is 2.91. The first kappa shape index (κ1) is 14.1. The van der Waals surface area contributed by atoms with Gasteiger partial charge in [0.25, 0.3) is 5.91 Å². The van der Waals surface area contributed by atoms with E-state index in [4.69, 9.17) is 0 Å². The van der Waals surface area contributed by atoms with Crippen LogP contribution in [0.1, 0.15) is 35.1 Å². The first-order valence-electron chi connectivity index (χ1n) is 7.70. The minimum atomic E-state index is 0.137. The van der Waals surface area contributed by atoms with Gasteiger partial charge in [-0.3, -0.25) is 4.79 Å². The van der Waals surface area contributed by atoms with Crippen LogP contribution in [0.4, 0.5) is 0 Å². The highest BCUT2D eigenvalue weighted by Crippen LogP contribution is 2.25. The number of rotatable bonds is 2. The minimum absolute atomic E-state index is 0.137. The van der Waals surface area contributed by atoms with E-state index in [-0.39, 0.29) is 5.91 Å². The van der Waals surface area contributed by atoms with E-state index in [0.29, 0.717) is 0 Å². The second-order valence-electron chi connectivity index (χ2n) is 5.93. The summed E-state index contributed by atoms with van der Waals surface area (Å²) in [7, 11) is 2.10. The Morgan fingerprint density at radius 3 is 2.71 bits per heavy atom. The quantitative estimate of drug-likeness (QED) is 0.905. The molecule has 1 aliphatic carbocycles. The fraction of sp³-hybridized carbons (Fsp3) is 0.471. The second-order valence-corrected chi connectivity index (χ2v) is 5.93. The van der Waals surface area contributed by atoms with Crippen LogP contribution in [-0.4, -0.2) is 53.9 Å². The first-order chi connectivity index (χ1) is 10.2. The lowest BCUT2D eigenvalue weighted by molar-refractivity contribution is 0.0659. The van der Waals surface area contributed by atoms with Gasteiger partial charge in [0.2, 0.25) is 0 Å². The number of piperazine rings is 1. The molecule has 2 aliphatic rings. The predicted molar refractivity (Wildman–Crippen MR) is 85.3 cm³/mol. The monoisotopic (exact) mass is 285 g/mol. The third-order valence-corrected chi connectivity index (χ3v) is 4.34. The zero-order chi connectivity index (χ0) is 14.8. The maximum absolute atomic E-state index is 12.6. The van der Waals surface area contributed by atoms with Gasteiger partial charge < -0.3 is 14.8 Å². The molecule has 1 amide bonds. The minimum Gasteiger partial charge on any atom is -0.354 e. The van der Waals surface area contributed by atoms with Crippen molar-refractivity contribution in [3.05, 3.63) is 40.7 Å². The van der Waals surface area contributed by atoms with Crippen molar-refractivity contribution >= 4 is 12.0 Å². The molecule has 0 bridgehead atoms. The molecule has 0 saturated carbocycles. The number of likely N-dealkylation sites (N-methyl/N-ethyl adjacent to an activating group) is 1. The van der Waals surface area contributed by atoms with Gasteiger partial charge in [0.15, 0.2) is 0 Å². The molecule has 3 rings (SSSR count). The molecular weight excluding hydrogens is 262 g/mol. The summed E-state index contributed by atoms with van der Waals surface area (Å²) in [5.41, 5.74) is 4.44. The van der Waals surface area contributed by atoms with E-state index in [9.17, 15) is 4.79 Å². The first-order valence-corrected chi connectivity index (χ1v) is 7.70. The largest absolute Gasteiger partial charge is 0.354 e. The highest BCUT2D eigenvalue weighted by Gasteiger charge is 2.23. The topological polar surface area (TPSA) is 39.3 Å². The van der Waals surface area contributed by atoms with Gasteiger partial charge in [-0.15, -0.1) is 0 Å². The fourth-order valence-electron chi connectivity index (χ4n) is 3.03. The summed E-state index contributed by atoms with van der Waals surface area (Å²) in [6.07, 6.45) is 8.44. The van der Waals surface area contributed by atoms with Crippen molar-refractivity contribution in [3.8, 4) is 0 Å². The van der Waals surface area contributed by atoms with Gasteiger partial charge in [0.05, 0.1) is 0 Å². The van der Waals surface area contributed by atoms with E-state index in [0.717, 1.165) is 44.7 Å². The van der Waals surface area contributed by atoms with Gasteiger partial charge in [-0.1, -0.05) is 12.2 Å². The van der Waals surface area contributed by atoms with Crippen molar-refractivity contribution in [2.45, 2.75) is 19.8 Å². The fourth-order valence-corrected chi connectivity index (χ4v) is 3.03. The Morgan fingerprint density at radius 2 is 2.00 bits per heavy atom. The molecule has 4 nitrogen and oxygen atoms in total. The molecule has 112 valence electrons. The van der Waals surface area contributed by atoms with Crippen molar-refractivity contribution in [2.24, 2.45) is 0 Å². The molecule has 4 heteroatoms. The Bertz CT molecular complexity index is 589. The summed E-state index contributed by atoms with van der Waals surface area (Å²) in [5.74, 6) is 0.137. The molecule has 0 aromatic carbocycles. The average molecular weight is 285 g/mol. The summed E-state index contributed by atoms with van der Waals surface area (Å²) < 4.78 is 0. The molecule has 2 heterocycles. The molecule has 1 fully saturated rings. The summed E-state index contributed by atoms with van der Waals surface area (Å²) in [4.78, 5) is 20.1. The summed E-state index contributed by atoms with van der Waals surface area (Å²) in [6.45, 7) is 5.59. The number of aryl methyl sites for hydroxylation is 1. The number of carbonyl (C=O) groups excluding carboxylic acids is 1. The number of carbonyl (C=O) groups is 1. The number of H-pyrrole nitrogens is 1. The van der Waals surface area contributed by atoms with E-state index >= 15 is 0 Å². The number of allylic oxidation sites excluding steroid dienone is 3. The van der Waals surface area contributed by atoms with Crippen LogP contribution in [0, 0.1) is 0 Å². The van der Waals surface area contributed by atoms with Gasteiger partial charge in [0, 0.05) is 31.9 Å². The maximum Gasteiger partial charge on any atom is 0.270 e. The molecule has 21 heavy (non-hydrogen) atoms. The van der Waals surface area contributed by atoms with Crippen molar-refractivity contribution in [3.63, 3.8) is 0 Å². The number of hydrogen-bond acceptors (Lipinski definition) is 2. The van der Waals surface area contributed by atoms with Crippen LogP contribution < -0.4 is 0 Å². The van der Waals surface area contributed by atoms with Gasteiger partial charge in [-0.2, -0.15) is 0 Å². The lowest BCUT2D eigenvalue weighted by Crippen LogP contribution is -2.47. The number of nitrogens with one attached hydrogen (secondary N) is 1. The Morgan fingerprint density at radius 1 is 1.24 bits per heavy atom. The number of hydrogen-bond donors (Lipinski definition) is 1. The Kier molecular flexibility index (Phi) is 3.97. The number of amides is 1. The molecule has 0 radical (unpaired) electrons. The molecule has 1 N–H and O–H groups in total. The van der Waals surface area contributed by atoms with Crippen molar-refractivity contribution in [1.29, 1.82) is 0 Å². The summed E-state index contributed by atoms with van der Waals surface area (Å²) in [5, 5.41) is 0. The normalized spacial score (nSPS) is 19.7. The van der Waals surface area contributed by atoms with E-state index in [1.165, 1.54) is 16.8 Å². The predicted octanol–water partition coefficient (Wildman–Crippen LogP) is 2.31. The molecule has 0 unspecified atom stereocenters. The van der Waals surface area contributed by atoms with E-state index in [1.807, 2.05) is 17.9 Å². The van der Waals surface area contributed by atoms with Crippen LogP contribution in [0.2, 0.25) is 0 Å². The Balaban J connectivity index is 1.77. The maximum atomic E-state index is 12.6. The van der Waals surface area contributed by atoms with Crippen molar-refractivity contribution in [1.82, 2.24) is 14.8 Å². The second kappa shape index (κ2) is 5.90. The molecule has 1 aliphatic heterocycles. The van der Waals surface area contributed by atoms with E-state index in [1.54, 1.807) is 0 Å². The Hall–Kier alpha value is -1.81. The van der Waals surface area contributed by atoms with Gasteiger partial charge in [-0.25, -0.2) is 0 Å². The van der Waals surface area contributed by atoms with Gasteiger partial charge in [-0.05, 0) is 50.1 Å². The van der Waals surface area contributed by atoms with Crippen LogP contribution >= 0.6 is 0 Å². The highest BCUT2D eigenvalue weighted by atomic mass is 16.2. The van der Waals surface area contributed by atoms with E-state index in [2.05, 4.69) is 35.2 Å². The zero-order valence-corrected chi connectivity index (χ0v) is 12.9. The van der Waals surface area contributed by atoms with Crippen LogP contribution in [0.25, 0.3) is 6.08 Å². The Labute approximate surface area is 126 Å². The lowest BCUT2D eigenvalue weighted by atomic mass is 9.97. The molecule has 0 spiro atoms. The van der Waals surface area contributed by atoms with Crippen LogP contribution in [0.15, 0.2) is 23.8 Å². The smallest absolute Gasteiger partial charge is 0.270 e. The summed E-state index contributed by atoms with van der Waals surface area (Å²) in [6, 6.07) is 2.01. The number of fused-ring (bicyclic) bond motifs is 1. The lowest BCUT2D eigenvalue weighted by Gasteiger charge is -2.32. The molecule has 0 atom stereocenters. The molecule has 1 aromatic rings. The summed E-state index contributed by atoms with van der Waals surface area (Å²) >= 11 is 0. The van der Waals surface area contributed by atoms with Crippen molar-refractivity contribution < 1.29 is 4.79 Å². The number of nitrogens with zero attached hydrogens (tertiary/aromatic N) is 2. The highest BCUT2D eigenvalue weighted by molar-refractivity contribution is 5.93. The molecule has 1 saturated heterocycles. The third kappa shape index (κ3) is 2.95. The van der Waals surface area contributed by atoms with E-state index < -0.39 is 0 Å².